The fourth-order valence-electron chi connectivity index (χ4n) is 3.15. The highest BCUT2D eigenvalue weighted by molar-refractivity contribution is 5.79. The first-order valence-electron chi connectivity index (χ1n) is 9.60. The van der Waals surface area contributed by atoms with Crippen LogP contribution in [0.5, 0.6) is 0 Å². The Balaban J connectivity index is 2.05. The number of nitrogens with zero attached hydrogens (tertiary/aromatic N) is 3. The second kappa shape index (κ2) is 10.6. The summed E-state index contributed by atoms with van der Waals surface area (Å²) in [6.07, 6.45) is 5.68. The van der Waals surface area contributed by atoms with Crippen LogP contribution in [0.2, 0.25) is 0 Å². The lowest BCUT2D eigenvalue weighted by Crippen LogP contribution is -2.39. The van der Waals surface area contributed by atoms with Gasteiger partial charge in [-0.05, 0) is 37.3 Å². The van der Waals surface area contributed by atoms with E-state index in [1.54, 1.807) is 0 Å². The Morgan fingerprint density at radius 3 is 2.81 bits per heavy atom. The number of likely N-dealkylation sites (tertiary alicyclic amines) is 1. The lowest BCUT2D eigenvalue weighted by molar-refractivity contribution is -0.128. The molecule has 1 aromatic carbocycles. The summed E-state index contributed by atoms with van der Waals surface area (Å²) in [5.41, 5.74) is 2.37. The van der Waals surface area contributed by atoms with Crippen LogP contribution < -0.4 is 5.32 Å². The van der Waals surface area contributed by atoms with Crippen LogP contribution in [0.15, 0.2) is 41.9 Å². The second-order valence-electron chi connectivity index (χ2n) is 6.71. The van der Waals surface area contributed by atoms with E-state index in [-0.39, 0.29) is 5.91 Å². The van der Waals surface area contributed by atoms with Gasteiger partial charge in [-0.3, -0.25) is 4.79 Å². The minimum atomic E-state index is 0.263. The van der Waals surface area contributed by atoms with Crippen molar-refractivity contribution in [1.29, 1.82) is 0 Å². The molecule has 1 aliphatic heterocycles. The lowest BCUT2D eigenvalue weighted by Gasteiger charge is -2.22. The third kappa shape index (κ3) is 5.90. The summed E-state index contributed by atoms with van der Waals surface area (Å²) in [4.78, 5) is 20.9. The first kappa shape index (κ1) is 20.0. The number of rotatable bonds is 9. The van der Waals surface area contributed by atoms with Crippen LogP contribution in [-0.2, 0) is 17.9 Å². The van der Waals surface area contributed by atoms with Crippen LogP contribution in [0.25, 0.3) is 0 Å². The van der Waals surface area contributed by atoms with Crippen molar-refractivity contribution in [1.82, 2.24) is 15.1 Å². The van der Waals surface area contributed by atoms with Crippen molar-refractivity contribution in [3.8, 4) is 0 Å². The summed E-state index contributed by atoms with van der Waals surface area (Å²) in [5, 5.41) is 3.36. The van der Waals surface area contributed by atoms with E-state index >= 15 is 0 Å². The molecular formula is C21H32N4O. The van der Waals surface area contributed by atoms with Crippen LogP contribution in [0.4, 0.5) is 0 Å². The Hall–Kier alpha value is -2.30. The maximum absolute atomic E-state index is 11.9. The summed E-state index contributed by atoms with van der Waals surface area (Å²) >= 11 is 0. The number of benzene rings is 1. The first-order chi connectivity index (χ1) is 12.7. The molecule has 1 aromatic rings. The molecule has 0 aromatic heterocycles. The first-order valence-corrected chi connectivity index (χ1v) is 9.60. The minimum Gasteiger partial charge on any atom is -0.357 e. The number of hydrogen-bond donors (Lipinski definition) is 1. The van der Waals surface area contributed by atoms with Gasteiger partial charge in [-0.1, -0.05) is 30.3 Å². The highest BCUT2D eigenvalue weighted by Crippen LogP contribution is 2.18. The van der Waals surface area contributed by atoms with Crippen LogP contribution in [0.3, 0.4) is 0 Å². The molecule has 0 unspecified atom stereocenters. The standard InChI is InChI=1S/C21H32N4O/c1-4-6-9-14-24(3)21(22-5-2)23-16-18-11-7-8-12-19(18)17-25-15-10-13-20(25)26/h4,7-8,11-12H,1,5-6,9-10,13-17H2,2-3H3,(H,22,23). The van der Waals surface area contributed by atoms with Gasteiger partial charge < -0.3 is 15.1 Å². The third-order valence-corrected chi connectivity index (χ3v) is 4.65. The van der Waals surface area contributed by atoms with Crippen LogP contribution in [-0.4, -0.2) is 48.3 Å². The molecule has 0 bridgehead atoms. The van der Waals surface area contributed by atoms with E-state index in [0.717, 1.165) is 44.9 Å². The molecular weight excluding hydrogens is 324 g/mol. The number of amides is 1. The van der Waals surface area contributed by atoms with E-state index in [1.165, 1.54) is 11.1 Å². The number of allylic oxidation sites excluding steroid dienone is 1. The molecule has 0 aliphatic carbocycles. The second-order valence-corrected chi connectivity index (χ2v) is 6.71. The zero-order chi connectivity index (χ0) is 18.8. The van der Waals surface area contributed by atoms with E-state index in [1.807, 2.05) is 23.1 Å². The van der Waals surface area contributed by atoms with Gasteiger partial charge in [0.1, 0.15) is 0 Å². The zero-order valence-electron chi connectivity index (χ0n) is 16.2. The van der Waals surface area contributed by atoms with E-state index in [4.69, 9.17) is 4.99 Å². The van der Waals surface area contributed by atoms with Gasteiger partial charge in [0.05, 0.1) is 6.54 Å². The molecule has 0 atom stereocenters. The van der Waals surface area contributed by atoms with E-state index in [9.17, 15) is 4.79 Å². The van der Waals surface area contributed by atoms with Crippen molar-refractivity contribution < 1.29 is 4.79 Å². The van der Waals surface area contributed by atoms with Crippen LogP contribution >= 0.6 is 0 Å². The quantitative estimate of drug-likeness (QED) is 0.320. The van der Waals surface area contributed by atoms with Crippen LogP contribution in [0, 0.1) is 0 Å². The normalized spacial score (nSPS) is 14.6. The summed E-state index contributed by atoms with van der Waals surface area (Å²) in [6.45, 7) is 9.83. The zero-order valence-corrected chi connectivity index (χ0v) is 16.2. The van der Waals surface area contributed by atoms with Crippen molar-refractivity contribution in [2.45, 2.75) is 45.7 Å². The Morgan fingerprint density at radius 1 is 1.38 bits per heavy atom. The maximum Gasteiger partial charge on any atom is 0.222 e. The number of carbonyl (C=O) groups is 1. The summed E-state index contributed by atoms with van der Waals surface area (Å²) in [6, 6.07) is 8.30. The van der Waals surface area contributed by atoms with Crippen molar-refractivity contribution in [2.75, 3.05) is 26.7 Å². The third-order valence-electron chi connectivity index (χ3n) is 4.65. The Morgan fingerprint density at radius 2 is 2.15 bits per heavy atom. The van der Waals surface area contributed by atoms with Gasteiger partial charge in [0.25, 0.3) is 0 Å². The molecule has 5 nitrogen and oxygen atoms in total. The monoisotopic (exact) mass is 356 g/mol. The fraction of sp³-hybridized carbons (Fsp3) is 0.524. The average Bonchev–Trinajstić information content (AvgIpc) is 3.04. The molecule has 26 heavy (non-hydrogen) atoms. The summed E-state index contributed by atoms with van der Waals surface area (Å²) in [7, 11) is 2.07. The van der Waals surface area contributed by atoms with Gasteiger partial charge in [0.2, 0.25) is 5.91 Å². The molecule has 1 N–H and O–H groups in total. The molecule has 1 saturated heterocycles. The van der Waals surface area contributed by atoms with Gasteiger partial charge in [-0.2, -0.15) is 0 Å². The van der Waals surface area contributed by atoms with Gasteiger partial charge in [0, 0.05) is 39.6 Å². The predicted octanol–water partition coefficient (Wildman–Crippen LogP) is 3.17. The molecule has 142 valence electrons. The van der Waals surface area contributed by atoms with Gasteiger partial charge >= 0.3 is 0 Å². The number of guanidine groups is 1. The van der Waals surface area contributed by atoms with Crippen molar-refractivity contribution in [2.24, 2.45) is 4.99 Å². The molecule has 1 fully saturated rings. The van der Waals surface area contributed by atoms with Crippen molar-refractivity contribution >= 4 is 11.9 Å². The minimum absolute atomic E-state index is 0.263. The Kier molecular flexibility index (Phi) is 8.19. The lowest BCUT2D eigenvalue weighted by atomic mass is 10.1. The SMILES string of the molecule is C=CCCCN(C)C(=NCc1ccccc1CN1CCCC1=O)NCC. The number of hydrogen-bond acceptors (Lipinski definition) is 2. The number of carbonyl (C=O) groups excluding carboxylic acids is 1. The van der Waals surface area contributed by atoms with E-state index in [0.29, 0.717) is 19.5 Å². The molecule has 1 aliphatic rings. The van der Waals surface area contributed by atoms with Crippen molar-refractivity contribution in [3.05, 3.63) is 48.0 Å². The summed E-state index contributed by atoms with van der Waals surface area (Å²) in [5.74, 6) is 1.18. The topological polar surface area (TPSA) is 47.9 Å². The number of unbranched alkanes of at least 4 members (excludes halogenated alkanes) is 1. The number of nitrogens with one attached hydrogen (secondary N) is 1. The molecule has 0 radical (unpaired) electrons. The molecule has 0 saturated carbocycles. The Bertz CT molecular complexity index is 626. The average molecular weight is 357 g/mol. The van der Waals surface area contributed by atoms with E-state index < -0.39 is 0 Å². The largest absolute Gasteiger partial charge is 0.357 e. The molecule has 1 heterocycles. The van der Waals surface area contributed by atoms with Crippen molar-refractivity contribution in [3.63, 3.8) is 0 Å². The highest BCUT2D eigenvalue weighted by Gasteiger charge is 2.20. The predicted molar refractivity (Wildman–Crippen MR) is 108 cm³/mol. The van der Waals surface area contributed by atoms with Crippen LogP contribution in [0.1, 0.15) is 43.7 Å². The Labute approximate surface area is 157 Å². The highest BCUT2D eigenvalue weighted by atomic mass is 16.2. The van der Waals surface area contributed by atoms with Gasteiger partial charge in [-0.15, -0.1) is 6.58 Å². The van der Waals surface area contributed by atoms with Gasteiger partial charge in [0.15, 0.2) is 5.96 Å². The van der Waals surface area contributed by atoms with Gasteiger partial charge in [-0.25, -0.2) is 4.99 Å². The molecule has 2 rings (SSSR count). The smallest absolute Gasteiger partial charge is 0.222 e. The number of aliphatic imine (C=N–C) groups is 1. The van der Waals surface area contributed by atoms with E-state index in [2.05, 4.69) is 42.9 Å². The maximum atomic E-state index is 11.9. The molecule has 0 spiro atoms. The molecule has 5 heteroatoms. The fourth-order valence-corrected chi connectivity index (χ4v) is 3.15. The molecule has 1 amide bonds. The summed E-state index contributed by atoms with van der Waals surface area (Å²) < 4.78 is 0.